The van der Waals surface area contributed by atoms with E-state index < -0.39 is 0 Å². The van der Waals surface area contributed by atoms with Crippen molar-refractivity contribution in [2.75, 3.05) is 18.4 Å². The van der Waals surface area contributed by atoms with E-state index in [-0.39, 0.29) is 11.8 Å². The Bertz CT molecular complexity index is 1040. The molecule has 0 bridgehead atoms. The van der Waals surface area contributed by atoms with Crippen molar-refractivity contribution in [2.24, 2.45) is 0 Å². The molecule has 1 aromatic heterocycles. The van der Waals surface area contributed by atoms with Gasteiger partial charge in [0.25, 0.3) is 11.8 Å². The van der Waals surface area contributed by atoms with Gasteiger partial charge >= 0.3 is 0 Å². The quantitative estimate of drug-likeness (QED) is 0.695. The number of carbonyl (C=O) groups excluding carboxylic acids is 2. The normalized spacial score (nSPS) is 13.9. The van der Waals surface area contributed by atoms with Gasteiger partial charge in [0, 0.05) is 24.3 Å². The van der Waals surface area contributed by atoms with Gasteiger partial charge in [-0.15, -0.1) is 0 Å². The van der Waals surface area contributed by atoms with E-state index in [2.05, 4.69) is 10.4 Å². The average Bonchev–Trinajstić information content (AvgIpc) is 3.25. The number of nitrogens with zero attached hydrogens (tertiary/aromatic N) is 3. The number of benzene rings is 2. The molecular weight excluding hydrogens is 388 g/mol. The zero-order valence-electron chi connectivity index (χ0n) is 15.8. The summed E-state index contributed by atoms with van der Waals surface area (Å²) in [5.74, 6) is -0.368. The van der Waals surface area contributed by atoms with Gasteiger partial charge in [0.05, 0.1) is 28.7 Å². The summed E-state index contributed by atoms with van der Waals surface area (Å²) in [7, 11) is 0. The first-order chi connectivity index (χ1) is 14.1. The molecule has 0 saturated carbocycles. The van der Waals surface area contributed by atoms with Crippen LogP contribution in [0, 0.1) is 0 Å². The Balaban J connectivity index is 1.53. The maximum Gasteiger partial charge on any atom is 0.258 e. The SMILES string of the molecule is O=C(Nc1ccccc1C(=O)N1CCCCC1)c1cnn(-c2cccc(Cl)c2)c1. The van der Waals surface area contributed by atoms with E-state index in [1.807, 2.05) is 23.1 Å². The molecule has 1 aliphatic heterocycles. The van der Waals surface area contributed by atoms with Crippen molar-refractivity contribution in [1.82, 2.24) is 14.7 Å². The number of para-hydroxylation sites is 1. The number of carbonyl (C=O) groups is 2. The predicted octanol–water partition coefficient (Wildman–Crippen LogP) is 4.40. The van der Waals surface area contributed by atoms with Crippen molar-refractivity contribution >= 4 is 29.1 Å². The van der Waals surface area contributed by atoms with E-state index in [0.717, 1.165) is 38.0 Å². The van der Waals surface area contributed by atoms with E-state index in [1.165, 1.54) is 6.20 Å². The number of halogens is 1. The molecule has 2 amide bonds. The minimum atomic E-state index is -0.322. The van der Waals surface area contributed by atoms with Crippen LogP contribution < -0.4 is 5.32 Å². The highest BCUT2D eigenvalue weighted by molar-refractivity contribution is 6.30. The molecule has 1 fully saturated rings. The van der Waals surface area contributed by atoms with E-state index in [0.29, 0.717) is 21.8 Å². The molecule has 0 aliphatic carbocycles. The van der Waals surface area contributed by atoms with Crippen LogP contribution >= 0.6 is 11.6 Å². The third kappa shape index (κ3) is 4.32. The molecule has 1 aliphatic rings. The number of anilines is 1. The minimum Gasteiger partial charge on any atom is -0.339 e. The molecule has 29 heavy (non-hydrogen) atoms. The number of rotatable bonds is 4. The van der Waals surface area contributed by atoms with Crippen molar-refractivity contribution in [1.29, 1.82) is 0 Å². The fraction of sp³-hybridized carbons (Fsp3) is 0.227. The second-order valence-corrected chi connectivity index (χ2v) is 7.44. The number of amides is 2. The molecule has 0 spiro atoms. The maximum absolute atomic E-state index is 12.9. The average molecular weight is 409 g/mol. The molecule has 0 atom stereocenters. The molecule has 0 unspecified atom stereocenters. The van der Waals surface area contributed by atoms with Crippen LogP contribution in [-0.4, -0.2) is 39.6 Å². The van der Waals surface area contributed by atoms with E-state index in [1.54, 1.807) is 41.2 Å². The number of hydrogen-bond acceptors (Lipinski definition) is 3. The topological polar surface area (TPSA) is 67.2 Å². The van der Waals surface area contributed by atoms with Crippen LogP contribution in [0.3, 0.4) is 0 Å². The van der Waals surface area contributed by atoms with Gasteiger partial charge in [0.2, 0.25) is 0 Å². The summed E-state index contributed by atoms with van der Waals surface area (Å²) in [6, 6.07) is 14.3. The van der Waals surface area contributed by atoms with E-state index in [9.17, 15) is 9.59 Å². The zero-order chi connectivity index (χ0) is 20.2. The lowest BCUT2D eigenvalue weighted by Gasteiger charge is -2.27. The number of likely N-dealkylation sites (tertiary alicyclic amines) is 1. The fourth-order valence-corrected chi connectivity index (χ4v) is 3.62. The summed E-state index contributed by atoms with van der Waals surface area (Å²) in [4.78, 5) is 27.5. The zero-order valence-corrected chi connectivity index (χ0v) is 16.6. The first-order valence-electron chi connectivity index (χ1n) is 9.62. The summed E-state index contributed by atoms with van der Waals surface area (Å²) in [6.45, 7) is 1.51. The second-order valence-electron chi connectivity index (χ2n) is 7.01. The summed E-state index contributed by atoms with van der Waals surface area (Å²) in [5, 5.41) is 7.69. The largest absolute Gasteiger partial charge is 0.339 e. The number of aromatic nitrogens is 2. The van der Waals surface area contributed by atoms with Crippen LogP contribution in [-0.2, 0) is 0 Å². The van der Waals surface area contributed by atoms with E-state index >= 15 is 0 Å². The van der Waals surface area contributed by atoms with Crippen LogP contribution in [0.15, 0.2) is 60.9 Å². The summed E-state index contributed by atoms with van der Waals surface area (Å²) < 4.78 is 1.59. The summed E-state index contributed by atoms with van der Waals surface area (Å²) in [5.41, 5.74) is 2.16. The molecular formula is C22H21ClN4O2. The maximum atomic E-state index is 12.9. The molecule has 1 N–H and O–H groups in total. The van der Waals surface area contributed by atoms with Crippen LogP contribution in [0.5, 0.6) is 0 Å². The van der Waals surface area contributed by atoms with Crippen molar-refractivity contribution in [3.05, 3.63) is 77.1 Å². The van der Waals surface area contributed by atoms with Crippen LogP contribution in [0.2, 0.25) is 5.02 Å². The molecule has 0 radical (unpaired) electrons. The smallest absolute Gasteiger partial charge is 0.258 e. The second kappa shape index (κ2) is 8.49. The first-order valence-corrected chi connectivity index (χ1v) is 10.00. The Hall–Kier alpha value is -3.12. The Labute approximate surface area is 174 Å². The van der Waals surface area contributed by atoms with Crippen LogP contribution in [0.4, 0.5) is 5.69 Å². The lowest BCUT2D eigenvalue weighted by Crippen LogP contribution is -2.36. The lowest BCUT2D eigenvalue weighted by atomic mass is 10.1. The van der Waals surface area contributed by atoms with Crippen molar-refractivity contribution in [3.8, 4) is 5.69 Å². The van der Waals surface area contributed by atoms with Crippen molar-refractivity contribution in [2.45, 2.75) is 19.3 Å². The summed E-state index contributed by atoms with van der Waals surface area (Å²) >= 11 is 6.03. The van der Waals surface area contributed by atoms with E-state index in [4.69, 9.17) is 11.6 Å². The molecule has 2 heterocycles. The van der Waals surface area contributed by atoms with Gasteiger partial charge < -0.3 is 10.2 Å². The molecule has 2 aromatic carbocycles. The van der Waals surface area contributed by atoms with Gasteiger partial charge in [-0.25, -0.2) is 4.68 Å². The third-order valence-electron chi connectivity index (χ3n) is 4.97. The van der Waals surface area contributed by atoms with Crippen LogP contribution in [0.1, 0.15) is 40.0 Å². The predicted molar refractivity (Wildman–Crippen MR) is 113 cm³/mol. The first kappa shape index (κ1) is 19.2. The molecule has 1 saturated heterocycles. The Morgan fingerprint density at radius 3 is 2.59 bits per heavy atom. The number of nitrogens with one attached hydrogen (secondary N) is 1. The number of hydrogen-bond donors (Lipinski definition) is 1. The van der Waals surface area contributed by atoms with Crippen molar-refractivity contribution < 1.29 is 9.59 Å². The highest BCUT2D eigenvalue weighted by atomic mass is 35.5. The molecule has 6 nitrogen and oxygen atoms in total. The fourth-order valence-electron chi connectivity index (χ4n) is 3.44. The lowest BCUT2D eigenvalue weighted by molar-refractivity contribution is 0.0725. The molecule has 3 aromatic rings. The van der Waals surface area contributed by atoms with Crippen LogP contribution in [0.25, 0.3) is 5.69 Å². The molecule has 4 rings (SSSR count). The standard InChI is InChI=1S/C22H21ClN4O2/c23-17-7-6-8-18(13-17)27-15-16(14-24-27)21(28)25-20-10-3-2-9-19(20)22(29)26-11-4-1-5-12-26/h2-3,6-10,13-15H,1,4-5,11-12H2,(H,25,28). The monoisotopic (exact) mass is 408 g/mol. The van der Waals surface area contributed by atoms with Gasteiger partial charge in [0.15, 0.2) is 0 Å². The minimum absolute atomic E-state index is 0.0461. The molecule has 148 valence electrons. The Morgan fingerprint density at radius 2 is 1.79 bits per heavy atom. The highest BCUT2D eigenvalue weighted by Gasteiger charge is 2.21. The van der Waals surface area contributed by atoms with Gasteiger partial charge in [-0.05, 0) is 49.6 Å². The highest BCUT2D eigenvalue weighted by Crippen LogP contribution is 2.21. The number of piperidine rings is 1. The molecule has 7 heteroatoms. The van der Waals surface area contributed by atoms with Gasteiger partial charge in [-0.3, -0.25) is 9.59 Å². The van der Waals surface area contributed by atoms with Gasteiger partial charge in [-0.1, -0.05) is 29.8 Å². The van der Waals surface area contributed by atoms with Crippen molar-refractivity contribution in [3.63, 3.8) is 0 Å². The van der Waals surface area contributed by atoms with Gasteiger partial charge in [-0.2, -0.15) is 5.10 Å². The Morgan fingerprint density at radius 1 is 1.00 bits per heavy atom. The Kier molecular flexibility index (Phi) is 5.62. The summed E-state index contributed by atoms with van der Waals surface area (Å²) in [6.07, 6.45) is 6.31. The van der Waals surface area contributed by atoms with Gasteiger partial charge in [0.1, 0.15) is 0 Å². The third-order valence-corrected chi connectivity index (χ3v) is 5.20.